The van der Waals surface area contributed by atoms with Gasteiger partial charge in [0.05, 0.1) is 16.4 Å². The maximum absolute atomic E-state index is 13.1. The van der Waals surface area contributed by atoms with Gasteiger partial charge in [-0.1, -0.05) is 6.92 Å². The number of rotatable bonds is 5. The number of amides is 2. The molecule has 0 saturated heterocycles. The summed E-state index contributed by atoms with van der Waals surface area (Å²) < 4.78 is 16.6. The van der Waals surface area contributed by atoms with Crippen molar-refractivity contribution >= 4 is 34.5 Å². The molecule has 5 rings (SSSR count). The van der Waals surface area contributed by atoms with E-state index in [-0.39, 0.29) is 25.2 Å². The van der Waals surface area contributed by atoms with Crippen molar-refractivity contribution in [1.29, 1.82) is 0 Å². The molecule has 9 heteroatoms. The number of aryl methyl sites for hydroxylation is 1. The van der Waals surface area contributed by atoms with Crippen molar-refractivity contribution < 1.29 is 23.8 Å². The van der Waals surface area contributed by atoms with Crippen LogP contribution >= 0.6 is 11.3 Å². The minimum Gasteiger partial charge on any atom is -0.478 e. The normalized spacial score (nSPS) is 16.5. The molecule has 0 saturated carbocycles. The number of nitrogens with one attached hydrogen (secondary N) is 1. The zero-order chi connectivity index (χ0) is 22.2. The average Bonchev–Trinajstić information content (AvgIpc) is 3.43. The number of aromatic nitrogens is 1. The second kappa shape index (κ2) is 8.16. The zero-order valence-electron chi connectivity index (χ0n) is 17.6. The summed E-state index contributed by atoms with van der Waals surface area (Å²) >= 11 is 1.56. The molecular formula is C23H21N3O5S. The number of thiazole rings is 1. The predicted octanol–water partition coefficient (Wildman–Crippen LogP) is 3.99. The fourth-order valence-electron chi connectivity index (χ4n) is 3.72. The van der Waals surface area contributed by atoms with Crippen LogP contribution < -0.4 is 24.4 Å². The molecule has 32 heavy (non-hydrogen) atoms. The molecule has 3 aromatic rings. The lowest BCUT2D eigenvalue weighted by Crippen LogP contribution is -2.48. The van der Waals surface area contributed by atoms with Crippen LogP contribution in [0, 0.1) is 6.92 Å². The molecule has 0 radical (unpaired) electrons. The molecule has 8 nitrogen and oxygen atoms in total. The SMILES string of the molecule is CCC1Oc2ccc(-c3csc(C)n3)cc2N(CC(=O)Nc2ccc3c(c2)OCO3)C1=O. The number of benzene rings is 2. The molecule has 0 spiro atoms. The number of anilines is 2. The summed E-state index contributed by atoms with van der Waals surface area (Å²) in [5.74, 6) is 1.21. The van der Waals surface area contributed by atoms with Gasteiger partial charge in [-0.2, -0.15) is 0 Å². The Morgan fingerprint density at radius 2 is 2.00 bits per heavy atom. The number of fused-ring (bicyclic) bond motifs is 2. The van der Waals surface area contributed by atoms with Gasteiger partial charge in [-0.3, -0.25) is 14.5 Å². The van der Waals surface area contributed by atoms with E-state index in [1.54, 1.807) is 29.5 Å². The number of hydrogen-bond acceptors (Lipinski definition) is 7. The minimum atomic E-state index is -0.631. The van der Waals surface area contributed by atoms with Crippen LogP contribution in [0.5, 0.6) is 17.2 Å². The number of hydrogen-bond donors (Lipinski definition) is 1. The number of ether oxygens (including phenoxy) is 3. The van der Waals surface area contributed by atoms with Crippen molar-refractivity contribution in [2.75, 3.05) is 23.6 Å². The first kappa shape index (κ1) is 20.3. The van der Waals surface area contributed by atoms with Gasteiger partial charge >= 0.3 is 0 Å². The van der Waals surface area contributed by atoms with Gasteiger partial charge in [0.15, 0.2) is 17.6 Å². The highest BCUT2D eigenvalue weighted by atomic mass is 32.1. The highest BCUT2D eigenvalue weighted by Gasteiger charge is 2.35. The van der Waals surface area contributed by atoms with Gasteiger partial charge in [0.25, 0.3) is 5.91 Å². The van der Waals surface area contributed by atoms with E-state index in [9.17, 15) is 9.59 Å². The van der Waals surface area contributed by atoms with Gasteiger partial charge in [0, 0.05) is 22.7 Å². The van der Waals surface area contributed by atoms with Crippen LogP contribution in [0.3, 0.4) is 0 Å². The smallest absolute Gasteiger partial charge is 0.268 e. The summed E-state index contributed by atoms with van der Waals surface area (Å²) in [6, 6.07) is 10.8. The summed E-state index contributed by atoms with van der Waals surface area (Å²) in [7, 11) is 0. The maximum atomic E-state index is 13.1. The molecule has 2 aromatic carbocycles. The Kier molecular flexibility index (Phi) is 5.18. The summed E-state index contributed by atoms with van der Waals surface area (Å²) in [5.41, 5.74) is 2.81. The third-order valence-corrected chi connectivity index (χ3v) is 6.08. The maximum Gasteiger partial charge on any atom is 0.268 e. The van der Waals surface area contributed by atoms with E-state index in [4.69, 9.17) is 14.2 Å². The molecule has 0 aliphatic carbocycles. The van der Waals surface area contributed by atoms with E-state index in [1.807, 2.05) is 37.4 Å². The molecule has 164 valence electrons. The molecule has 1 atom stereocenters. The van der Waals surface area contributed by atoms with Gasteiger partial charge in [-0.25, -0.2) is 4.98 Å². The number of carbonyl (C=O) groups is 2. The lowest BCUT2D eigenvalue weighted by Gasteiger charge is -2.34. The molecule has 1 aromatic heterocycles. The quantitative estimate of drug-likeness (QED) is 0.631. The number of nitrogens with zero attached hydrogens (tertiary/aromatic N) is 2. The molecular weight excluding hydrogens is 430 g/mol. The monoisotopic (exact) mass is 451 g/mol. The van der Waals surface area contributed by atoms with E-state index < -0.39 is 6.10 Å². The van der Waals surface area contributed by atoms with Crippen LogP contribution in [0.25, 0.3) is 11.3 Å². The largest absolute Gasteiger partial charge is 0.478 e. The van der Waals surface area contributed by atoms with Gasteiger partial charge in [0.2, 0.25) is 12.7 Å². The van der Waals surface area contributed by atoms with Crippen LogP contribution in [0.15, 0.2) is 41.8 Å². The van der Waals surface area contributed by atoms with E-state index in [1.165, 1.54) is 4.90 Å². The minimum absolute atomic E-state index is 0.139. The van der Waals surface area contributed by atoms with E-state index in [0.717, 1.165) is 16.3 Å². The second-order valence-corrected chi connectivity index (χ2v) is 8.55. The lowest BCUT2D eigenvalue weighted by molar-refractivity contribution is -0.128. The Labute approximate surface area is 188 Å². The second-order valence-electron chi connectivity index (χ2n) is 7.49. The van der Waals surface area contributed by atoms with E-state index >= 15 is 0 Å². The molecule has 2 aliphatic rings. The Balaban J connectivity index is 1.41. The molecule has 0 fully saturated rings. The van der Waals surface area contributed by atoms with E-state index in [0.29, 0.717) is 35.0 Å². The van der Waals surface area contributed by atoms with Gasteiger partial charge < -0.3 is 19.5 Å². The third kappa shape index (κ3) is 3.75. The first-order valence-corrected chi connectivity index (χ1v) is 11.1. The van der Waals surface area contributed by atoms with Crippen molar-refractivity contribution in [3.63, 3.8) is 0 Å². The van der Waals surface area contributed by atoms with Crippen LogP contribution in [-0.2, 0) is 9.59 Å². The summed E-state index contributed by atoms with van der Waals surface area (Å²) in [5, 5.41) is 5.75. The first-order valence-electron chi connectivity index (χ1n) is 10.3. The van der Waals surface area contributed by atoms with E-state index in [2.05, 4.69) is 10.3 Å². The van der Waals surface area contributed by atoms with Crippen LogP contribution in [0.2, 0.25) is 0 Å². The molecule has 2 amide bonds. The topological polar surface area (TPSA) is 90.0 Å². The average molecular weight is 452 g/mol. The molecule has 1 unspecified atom stereocenters. The Hall–Kier alpha value is -3.59. The van der Waals surface area contributed by atoms with Gasteiger partial charge in [-0.15, -0.1) is 11.3 Å². The molecule has 3 heterocycles. The number of carbonyl (C=O) groups excluding carboxylic acids is 2. The Morgan fingerprint density at radius 3 is 2.78 bits per heavy atom. The highest BCUT2D eigenvalue weighted by Crippen LogP contribution is 2.38. The van der Waals surface area contributed by atoms with Crippen LogP contribution in [-0.4, -0.2) is 36.2 Å². The van der Waals surface area contributed by atoms with Gasteiger partial charge in [0.1, 0.15) is 12.3 Å². The fourth-order valence-corrected chi connectivity index (χ4v) is 4.34. The van der Waals surface area contributed by atoms with Crippen molar-refractivity contribution in [2.24, 2.45) is 0 Å². The predicted molar refractivity (Wildman–Crippen MR) is 121 cm³/mol. The Bertz CT molecular complexity index is 1210. The highest BCUT2D eigenvalue weighted by molar-refractivity contribution is 7.09. The Morgan fingerprint density at radius 1 is 1.19 bits per heavy atom. The summed E-state index contributed by atoms with van der Waals surface area (Å²) in [6.07, 6.45) is -0.126. The van der Waals surface area contributed by atoms with Crippen LogP contribution in [0.1, 0.15) is 18.4 Å². The lowest BCUT2D eigenvalue weighted by atomic mass is 10.1. The van der Waals surface area contributed by atoms with Gasteiger partial charge in [-0.05, 0) is 43.7 Å². The molecule has 2 aliphatic heterocycles. The fraction of sp³-hybridized carbons (Fsp3) is 0.261. The first-order chi connectivity index (χ1) is 15.5. The summed E-state index contributed by atoms with van der Waals surface area (Å²) in [4.78, 5) is 32.0. The van der Waals surface area contributed by atoms with Crippen molar-refractivity contribution in [3.8, 4) is 28.5 Å². The van der Waals surface area contributed by atoms with Crippen molar-refractivity contribution in [2.45, 2.75) is 26.4 Å². The van der Waals surface area contributed by atoms with Crippen molar-refractivity contribution in [1.82, 2.24) is 4.98 Å². The zero-order valence-corrected chi connectivity index (χ0v) is 18.4. The third-order valence-electron chi connectivity index (χ3n) is 5.30. The van der Waals surface area contributed by atoms with Crippen molar-refractivity contribution in [3.05, 3.63) is 46.8 Å². The standard InChI is InChI=1S/C23H21N3O5S/c1-3-18-23(28)26(10-22(27)25-15-5-7-20-21(9-15)30-12-29-20)17-8-14(4-6-19(17)31-18)16-11-32-13(2)24-16/h4-9,11,18H,3,10,12H2,1-2H3,(H,25,27). The summed E-state index contributed by atoms with van der Waals surface area (Å²) in [6.45, 7) is 3.84. The molecule has 0 bridgehead atoms. The molecule has 1 N–H and O–H groups in total. The van der Waals surface area contributed by atoms with Crippen LogP contribution in [0.4, 0.5) is 11.4 Å².